The molecule has 2 aromatic carbocycles. The van der Waals surface area contributed by atoms with Crippen LogP contribution in [0.15, 0.2) is 53.4 Å². The minimum atomic E-state index is -4.01. The van der Waals surface area contributed by atoms with E-state index in [2.05, 4.69) is 0 Å². The molecule has 6 nitrogen and oxygen atoms in total. The normalized spacial score (nSPS) is 11.9. The molecule has 0 saturated heterocycles. The largest absolute Gasteiger partial charge is 0.306 e. The minimum absolute atomic E-state index is 0.117. The molecule has 0 unspecified atom stereocenters. The molecule has 0 aliphatic rings. The van der Waals surface area contributed by atoms with E-state index in [4.69, 9.17) is 0 Å². The van der Waals surface area contributed by atoms with E-state index in [9.17, 15) is 22.9 Å². The molecule has 0 fully saturated rings. The number of nitrogens with zero attached hydrogens (tertiary/aromatic N) is 2. The summed E-state index contributed by atoms with van der Waals surface area (Å²) < 4.78 is 40.4. The number of hydrogen-bond donors (Lipinski definition) is 0. The van der Waals surface area contributed by atoms with Gasteiger partial charge in [0.25, 0.3) is 0 Å². The van der Waals surface area contributed by atoms with Crippen molar-refractivity contribution < 1.29 is 17.7 Å². The second-order valence-electron chi connectivity index (χ2n) is 5.50. The van der Waals surface area contributed by atoms with E-state index < -0.39 is 26.5 Å². The highest BCUT2D eigenvalue weighted by atomic mass is 32.2. The Labute approximate surface area is 139 Å². The third-order valence-electron chi connectivity index (χ3n) is 3.48. The van der Waals surface area contributed by atoms with Gasteiger partial charge in [0.1, 0.15) is 0 Å². The van der Waals surface area contributed by atoms with Crippen molar-refractivity contribution in [1.29, 1.82) is 0 Å². The maximum absolute atomic E-state index is 13.5. The number of nitro benzene ring substituents is 1. The van der Waals surface area contributed by atoms with Gasteiger partial charge in [-0.3, -0.25) is 10.1 Å². The average Bonchev–Trinajstić information content (AvgIpc) is 2.53. The van der Waals surface area contributed by atoms with Crippen molar-refractivity contribution in [2.45, 2.75) is 31.3 Å². The fourth-order valence-corrected chi connectivity index (χ4v) is 3.88. The molecule has 24 heavy (non-hydrogen) atoms. The Hall–Kier alpha value is -2.32. The molecule has 0 aliphatic carbocycles. The quantitative estimate of drug-likeness (QED) is 0.590. The molecule has 0 radical (unpaired) electrons. The first-order valence-corrected chi connectivity index (χ1v) is 8.67. The lowest BCUT2D eigenvalue weighted by molar-refractivity contribution is -0.387. The zero-order chi connectivity index (χ0) is 17.9. The summed E-state index contributed by atoms with van der Waals surface area (Å²) in [5.41, 5.74) is -0.0779. The number of benzene rings is 2. The molecule has 0 heterocycles. The van der Waals surface area contributed by atoms with Crippen molar-refractivity contribution in [3.05, 3.63) is 70.0 Å². The molecule has 0 aromatic heterocycles. The molecular formula is C16H17FN2O4S. The van der Waals surface area contributed by atoms with Gasteiger partial charge in [0, 0.05) is 18.7 Å². The van der Waals surface area contributed by atoms with Gasteiger partial charge in [-0.15, -0.1) is 0 Å². The number of rotatable bonds is 6. The monoisotopic (exact) mass is 352 g/mol. The summed E-state index contributed by atoms with van der Waals surface area (Å²) in [6.45, 7) is 3.53. The van der Waals surface area contributed by atoms with Crippen molar-refractivity contribution in [3.63, 3.8) is 0 Å². The van der Waals surface area contributed by atoms with Crippen molar-refractivity contribution in [2.75, 3.05) is 0 Å². The lowest BCUT2D eigenvalue weighted by atomic mass is 10.2. The van der Waals surface area contributed by atoms with E-state index in [1.165, 1.54) is 4.31 Å². The van der Waals surface area contributed by atoms with Crippen LogP contribution in [0.5, 0.6) is 0 Å². The first kappa shape index (κ1) is 18.0. The molecule has 128 valence electrons. The maximum Gasteiger partial charge on any atom is 0.306 e. The van der Waals surface area contributed by atoms with Crippen molar-refractivity contribution in [1.82, 2.24) is 4.31 Å². The van der Waals surface area contributed by atoms with Crippen LogP contribution in [0, 0.1) is 15.9 Å². The van der Waals surface area contributed by atoms with Crippen LogP contribution >= 0.6 is 0 Å². The molecule has 0 spiro atoms. The van der Waals surface area contributed by atoms with Gasteiger partial charge in [-0.05, 0) is 31.5 Å². The number of halogens is 1. The molecule has 2 rings (SSSR count). The van der Waals surface area contributed by atoms with Gasteiger partial charge in [-0.2, -0.15) is 8.70 Å². The topological polar surface area (TPSA) is 80.5 Å². The third-order valence-corrected chi connectivity index (χ3v) is 5.50. The molecule has 0 aliphatic heterocycles. The zero-order valence-electron chi connectivity index (χ0n) is 13.2. The predicted molar refractivity (Wildman–Crippen MR) is 87.4 cm³/mol. The van der Waals surface area contributed by atoms with Crippen LogP contribution in [0.1, 0.15) is 19.4 Å². The van der Waals surface area contributed by atoms with Crippen LogP contribution in [0.2, 0.25) is 0 Å². The summed E-state index contributed by atoms with van der Waals surface area (Å²) in [5, 5.41) is 10.9. The summed E-state index contributed by atoms with van der Waals surface area (Å²) in [7, 11) is -4.01. The van der Waals surface area contributed by atoms with Gasteiger partial charge in [0.15, 0.2) is 0 Å². The first-order valence-electron chi connectivity index (χ1n) is 7.23. The second-order valence-corrected chi connectivity index (χ2v) is 7.39. The maximum atomic E-state index is 13.5. The summed E-state index contributed by atoms with van der Waals surface area (Å²) in [4.78, 5) is 9.61. The average molecular weight is 352 g/mol. The van der Waals surface area contributed by atoms with Gasteiger partial charge in [0.2, 0.25) is 15.8 Å². The van der Waals surface area contributed by atoms with E-state index in [1.807, 2.05) is 6.07 Å². The molecule has 0 saturated carbocycles. The van der Waals surface area contributed by atoms with E-state index in [0.717, 1.165) is 23.8 Å². The van der Waals surface area contributed by atoms with Crippen LogP contribution in [0.3, 0.4) is 0 Å². The van der Waals surface area contributed by atoms with Gasteiger partial charge in [-0.25, -0.2) is 8.42 Å². The number of sulfonamides is 1. The Kier molecular flexibility index (Phi) is 5.30. The zero-order valence-corrected chi connectivity index (χ0v) is 14.0. The summed E-state index contributed by atoms with van der Waals surface area (Å²) in [5.74, 6) is -1.07. The lowest BCUT2D eigenvalue weighted by Crippen LogP contribution is -2.36. The molecule has 0 N–H and O–H groups in total. The fraction of sp³-hybridized carbons (Fsp3) is 0.250. The van der Waals surface area contributed by atoms with Crippen LogP contribution in [0.4, 0.5) is 10.1 Å². The van der Waals surface area contributed by atoms with Crippen LogP contribution in [0.25, 0.3) is 0 Å². The SMILES string of the molecule is CC(C)N(Cc1ccccc1)S(=O)(=O)c1ccc(F)c([N+](=O)[O-])c1. The van der Waals surface area contributed by atoms with Crippen LogP contribution in [-0.2, 0) is 16.6 Å². The summed E-state index contributed by atoms with van der Waals surface area (Å²) >= 11 is 0. The molecular weight excluding hydrogens is 335 g/mol. The van der Waals surface area contributed by atoms with Crippen LogP contribution < -0.4 is 0 Å². The van der Waals surface area contributed by atoms with Gasteiger partial charge in [-0.1, -0.05) is 30.3 Å². The Balaban J connectivity index is 2.45. The Morgan fingerprint density at radius 3 is 2.33 bits per heavy atom. The van der Waals surface area contributed by atoms with Crippen molar-refractivity contribution >= 4 is 15.7 Å². The van der Waals surface area contributed by atoms with E-state index in [0.29, 0.717) is 0 Å². The molecule has 0 atom stereocenters. The Morgan fingerprint density at radius 2 is 1.79 bits per heavy atom. The second kappa shape index (κ2) is 7.06. The predicted octanol–water partition coefficient (Wildman–Crippen LogP) is 3.33. The van der Waals surface area contributed by atoms with Gasteiger partial charge >= 0.3 is 5.69 Å². The number of hydrogen-bond acceptors (Lipinski definition) is 4. The smallest absolute Gasteiger partial charge is 0.258 e. The third kappa shape index (κ3) is 3.77. The van der Waals surface area contributed by atoms with Gasteiger partial charge < -0.3 is 0 Å². The first-order chi connectivity index (χ1) is 11.2. The summed E-state index contributed by atoms with van der Waals surface area (Å²) in [6.07, 6.45) is 0. The van der Waals surface area contributed by atoms with E-state index >= 15 is 0 Å². The van der Waals surface area contributed by atoms with E-state index in [1.54, 1.807) is 38.1 Å². The standard InChI is InChI=1S/C16H17FN2O4S/c1-12(2)18(11-13-6-4-3-5-7-13)24(22,23)14-8-9-15(17)16(10-14)19(20)21/h3-10,12H,11H2,1-2H3. The highest BCUT2D eigenvalue weighted by Crippen LogP contribution is 2.26. The molecule has 0 amide bonds. The van der Waals surface area contributed by atoms with Gasteiger partial charge in [0.05, 0.1) is 9.82 Å². The highest BCUT2D eigenvalue weighted by Gasteiger charge is 2.29. The highest BCUT2D eigenvalue weighted by molar-refractivity contribution is 7.89. The van der Waals surface area contributed by atoms with E-state index in [-0.39, 0.29) is 17.5 Å². The Morgan fingerprint density at radius 1 is 1.17 bits per heavy atom. The Bertz CT molecular complexity index is 838. The van der Waals surface area contributed by atoms with Crippen molar-refractivity contribution in [3.8, 4) is 0 Å². The minimum Gasteiger partial charge on any atom is -0.258 e. The number of nitro groups is 1. The van der Waals surface area contributed by atoms with Crippen molar-refractivity contribution in [2.24, 2.45) is 0 Å². The molecule has 0 bridgehead atoms. The molecule has 8 heteroatoms. The van der Waals surface area contributed by atoms with Crippen LogP contribution in [-0.4, -0.2) is 23.7 Å². The summed E-state index contributed by atoms with van der Waals surface area (Å²) in [6, 6.07) is 11.2. The fourth-order valence-electron chi connectivity index (χ4n) is 2.24. The lowest BCUT2D eigenvalue weighted by Gasteiger charge is -2.26. The molecule has 2 aromatic rings.